The highest BCUT2D eigenvalue weighted by Gasteiger charge is 2.11. The van der Waals surface area contributed by atoms with E-state index in [0.717, 1.165) is 11.1 Å². The third-order valence-corrected chi connectivity index (χ3v) is 2.87. The van der Waals surface area contributed by atoms with Gasteiger partial charge in [0.2, 0.25) is 0 Å². The molecule has 0 spiro atoms. The highest BCUT2D eigenvalue weighted by Crippen LogP contribution is 2.19. The van der Waals surface area contributed by atoms with Gasteiger partial charge in [-0.15, -0.1) is 0 Å². The highest BCUT2D eigenvalue weighted by atomic mass is 16.5. The maximum atomic E-state index is 11.0. The van der Waals surface area contributed by atoms with Crippen molar-refractivity contribution < 1.29 is 14.6 Å². The molecule has 0 unspecified atom stereocenters. The number of nitrogens with zero attached hydrogens (tertiary/aromatic N) is 2. The van der Waals surface area contributed by atoms with Crippen molar-refractivity contribution in [1.29, 1.82) is 5.26 Å². The second-order valence-corrected chi connectivity index (χ2v) is 4.22. The van der Waals surface area contributed by atoms with Crippen LogP contribution in [0.4, 0.5) is 0 Å². The third-order valence-electron chi connectivity index (χ3n) is 2.87. The number of pyridine rings is 1. The summed E-state index contributed by atoms with van der Waals surface area (Å²) < 4.78 is 5.51. The van der Waals surface area contributed by atoms with E-state index in [1.807, 2.05) is 6.92 Å². The Bertz CT molecular complexity index is 690. The first-order valence-corrected chi connectivity index (χ1v) is 5.91. The van der Waals surface area contributed by atoms with E-state index in [0.29, 0.717) is 5.56 Å². The molecule has 0 fully saturated rings. The number of nitriles is 1. The maximum Gasteiger partial charge on any atom is 0.339 e. The van der Waals surface area contributed by atoms with Crippen LogP contribution in [-0.2, 0) is 6.61 Å². The number of ether oxygens (including phenoxy) is 1. The Hall–Kier alpha value is -2.87. The third kappa shape index (κ3) is 2.93. The molecule has 0 saturated carbocycles. The summed E-state index contributed by atoms with van der Waals surface area (Å²) in [5.74, 6) is -0.831. The molecule has 0 amide bonds. The lowest BCUT2D eigenvalue weighted by atomic mass is 10.1. The fourth-order valence-corrected chi connectivity index (χ4v) is 1.75. The molecule has 0 atom stereocenters. The Balaban J connectivity index is 2.18. The van der Waals surface area contributed by atoms with Gasteiger partial charge in [0.05, 0.1) is 17.8 Å². The predicted molar refractivity (Wildman–Crippen MR) is 71.4 cm³/mol. The van der Waals surface area contributed by atoms with Gasteiger partial charge in [0.25, 0.3) is 0 Å². The molecule has 0 aliphatic carbocycles. The number of aromatic nitrogens is 1. The minimum Gasteiger partial charge on any atom is -0.486 e. The molecule has 2 rings (SSSR count). The van der Waals surface area contributed by atoms with E-state index in [1.54, 1.807) is 18.2 Å². The second kappa shape index (κ2) is 5.85. The van der Waals surface area contributed by atoms with Crippen molar-refractivity contribution in [2.75, 3.05) is 0 Å². The molecule has 5 heteroatoms. The number of hydrogen-bond donors (Lipinski definition) is 1. The Morgan fingerprint density at radius 1 is 1.45 bits per heavy atom. The molecule has 1 N–H and O–H groups in total. The molecule has 0 aliphatic rings. The van der Waals surface area contributed by atoms with Gasteiger partial charge >= 0.3 is 5.97 Å². The maximum absolute atomic E-state index is 11.0. The fraction of sp³-hybridized carbons (Fsp3) is 0.133. The van der Waals surface area contributed by atoms with Crippen molar-refractivity contribution in [3.8, 4) is 11.8 Å². The lowest BCUT2D eigenvalue weighted by Gasteiger charge is -2.10. The summed E-state index contributed by atoms with van der Waals surface area (Å²) in [5, 5.41) is 17.8. The van der Waals surface area contributed by atoms with Gasteiger partial charge in [0.15, 0.2) is 5.75 Å². The molecular weight excluding hydrogens is 256 g/mol. The fourth-order valence-electron chi connectivity index (χ4n) is 1.75. The minimum atomic E-state index is -1.06. The Labute approximate surface area is 116 Å². The van der Waals surface area contributed by atoms with E-state index in [4.69, 9.17) is 15.1 Å². The number of benzene rings is 1. The van der Waals surface area contributed by atoms with E-state index in [1.165, 1.54) is 18.5 Å². The minimum absolute atomic E-state index is 0.0753. The molecule has 0 radical (unpaired) electrons. The van der Waals surface area contributed by atoms with Gasteiger partial charge in [-0.3, -0.25) is 4.98 Å². The van der Waals surface area contributed by atoms with E-state index >= 15 is 0 Å². The van der Waals surface area contributed by atoms with Crippen molar-refractivity contribution in [3.05, 3.63) is 58.9 Å². The number of aromatic carboxylic acids is 1. The van der Waals surface area contributed by atoms with Crippen molar-refractivity contribution >= 4 is 5.97 Å². The van der Waals surface area contributed by atoms with Crippen LogP contribution in [0.25, 0.3) is 0 Å². The SMILES string of the molecule is Cc1cc(C#N)ccc1COc1cnccc1C(=O)O. The molecule has 0 saturated heterocycles. The number of carboxylic acid groups (broad SMARTS) is 1. The summed E-state index contributed by atoms with van der Waals surface area (Å²) >= 11 is 0. The molecule has 1 aromatic heterocycles. The molecule has 0 aliphatic heterocycles. The monoisotopic (exact) mass is 268 g/mol. The molecular formula is C15H12N2O3. The summed E-state index contributed by atoms with van der Waals surface area (Å²) in [4.78, 5) is 14.9. The number of carboxylic acids is 1. The zero-order valence-corrected chi connectivity index (χ0v) is 10.8. The number of rotatable bonds is 4. The van der Waals surface area contributed by atoms with Crippen LogP contribution in [0.5, 0.6) is 5.75 Å². The molecule has 1 heterocycles. The van der Waals surface area contributed by atoms with Crippen LogP contribution < -0.4 is 4.74 Å². The zero-order chi connectivity index (χ0) is 14.5. The predicted octanol–water partition coefficient (Wildman–Crippen LogP) is 2.54. The lowest BCUT2D eigenvalue weighted by molar-refractivity contribution is 0.0691. The van der Waals surface area contributed by atoms with Crippen LogP contribution in [0.1, 0.15) is 27.0 Å². The summed E-state index contributed by atoms with van der Waals surface area (Å²) in [6.07, 6.45) is 2.78. The molecule has 100 valence electrons. The largest absolute Gasteiger partial charge is 0.486 e. The average molecular weight is 268 g/mol. The Morgan fingerprint density at radius 2 is 2.25 bits per heavy atom. The first kappa shape index (κ1) is 13.6. The normalized spacial score (nSPS) is 9.80. The Morgan fingerprint density at radius 3 is 2.90 bits per heavy atom. The first-order valence-electron chi connectivity index (χ1n) is 5.91. The molecule has 5 nitrogen and oxygen atoms in total. The van der Waals surface area contributed by atoms with Crippen molar-refractivity contribution in [1.82, 2.24) is 4.98 Å². The lowest BCUT2D eigenvalue weighted by Crippen LogP contribution is -2.04. The van der Waals surface area contributed by atoms with Crippen LogP contribution in [-0.4, -0.2) is 16.1 Å². The van der Waals surface area contributed by atoms with Crippen LogP contribution in [0.15, 0.2) is 36.7 Å². The first-order chi connectivity index (χ1) is 9.61. The molecule has 2 aromatic rings. The standard InChI is InChI=1S/C15H12N2O3/c1-10-6-11(7-16)2-3-12(10)9-20-14-8-17-5-4-13(14)15(18)19/h2-6,8H,9H2,1H3,(H,18,19). The van der Waals surface area contributed by atoms with Gasteiger partial charge in [-0.05, 0) is 36.2 Å². The summed E-state index contributed by atoms with van der Waals surface area (Å²) in [6.45, 7) is 2.10. The number of carbonyl (C=O) groups is 1. The quantitative estimate of drug-likeness (QED) is 0.921. The van der Waals surface area contributed by atoms with Crippen LogP contribution in [0.2, 0.25) is 0 Å². The van der Waals surface area contributed by atoms with E-state index in [-0.39, 0.29) is 17.9 Å². The molecule has 1 aromatic carbocycles. The van der Waals surface area contributed by atoms with Crippen molar-refractivity contribution in [3.63, 3.8) is 0 Å². The highest BCUT2D eigenvalue weighted by molar-refractivity contribution is 5.90. The Kier molecular flexibility index (Phi) is 3.96. The number of aryl methyl sites for hydroxylation is 1. The van der Waals surface area contributed by atoms with Gasteiger partial charge in [0, 0.05) is 6.20 Å². The second-order valence-electron chi connectivity index (χ2n) is 4.22. The van der Waals surface area contributed by atoms with Crippen molar-refractivity contribution in [2.45, 2.75) is 13.5 Å². The van der Waals surface area contributed by atoms with E-state index in [9.17, 15) is 4.79 Å². The molecule has 20 heavy (non-hydrogen) atoms. The van der Waals surface area contributed by atoms with Crippen LogP contribution in [0.3, 0.4) is 0 Å². The summed E-state index contributed by atoms with van der Waals surface area (Å²) in [5.41, 5.74) is 2.47. The van der Waals surface area contributed by atoms with Gasteiger partial charge in [-0.2, -0.15) is 5.26 Å². The van der Waals surface area contributed by atoms with Gasteiger partial charge < -0.3 is 9.84 Å². The zero-order valence-electron chi connectivity index (χ0n) is 10.8. The van der Waals surface area contributed by atoms with E-state index < -0.39 is 5.97 Å². The van der Waals surface area contributed by atoms with Crippen LogP contribution >= 0.6 is 0 Å². The summed E-state index contributed by atoms with van der Waals surface area (Å²) in [7, 11) is 0. The average Bonchev–Trinajstić information content (AvgIpc) is 2.46. The van der Waals surface area contributed by atoms with Gasteiger partial charge in [0.1, 0.15) is 12.2 Å². The summed E-state index contributed by atoms with van der Waals surface area (Å²) in [6, 6.07) is 8.72. The van der Waals surface area contributed by atoms with E-state index in [2.05, 4.69) is 11.1 Å². The van der Waals surface area contributed by atoms with Crippen molar-refractivity contribution in [2.24, 2.45) is 0 Å². The van der Waals surface area contributed by atoms with Gasteiger partial charge in [-0.1, -0.05) is 6.07 Å². The van der Waals surface area contributed by atoms with Crippen LogP contribution in [0, 0.1) is 18.3 Å². The molecule has 0 bridgehead atoms. The number of hydrogen-bond acceptors (Lipinski definition) is 4. The topological polar surface area (TPSA) is 83.2 Å². The van der Waals surface area contributed by atoms with Gasteiger partial charge in [-0.25, -0.2) is 4.79 Å². The smallest absolute Gasteiger partial charge is 0.339 e.